The number of benzene rings is 1. The molecule has 1 unspecified atom stereocenters. The predicted molar refractivity (Wildman–Crippen MR) is 86.4 cm³/mol. The lowest BCUT2D eigenvalue weighted by Gasteiger charge is -2.28. The lowest BCUT2D eigenvalue weighted by molar-refractivity contribution is -0.134. The number of carbonyl (C=O) groups excluding carboxylic acids is 2. The molecule has 1 aliphatic rings. The number of amides is 2. The fraction of sp³-hybridized carbons (Fsp3) is 0.500. The zero-order valence-electron chi connectivity index (χ0n) is 12.8. The normalized spacial score (nSPS) is 17.9. The Balaban J connectivity index is 2.16. The Kier molecular flexibility index (Phi) is 5.28. The molecule has 2 amide bonds. The molecule has 1 aromatic carbocycles. The highest BCUT2D eigenvalue weighted by Crippen LogP contribution is 2.24. The molecule has 1 aliphatic heterocycles. The minimum absolute atomic E-state index is 0.0505. The van der Waals surface area contributed by atoms with Crippen LogP contribution in [0.5, 0.6) is 0 Å². The first kappa shape index (κ1) is 15.9. The van der Waals surface area contributed by atoms with Crippen LogP contribution in [0.2, 0.25) is 0 Å². The van der Waals surface area contributed by atoms with Crippen LogP contribution in [0, 0.1) is 6.92 Å². The largest absolute Gasteiger partial charge is 0.341 e. The van der Waals surface area contributed by atoms with Gasteiger partial charge in [0.25, 0.3) is 5.91 Å². The topological polar surface area (TPSA) is 40.6 Å². The summed E-state index contributed by atoms with van der Waals surface area (Å²) in [6.45, 7) is 7.30. The second-order valence-electron chi connectivity index (χ2n) is 5.17. The van der Waals surface area contributed by atoms with E-state index in [0.717, 1.165) is 5.56 Å². The summed E-state index contributed by atoms with van der Waals surface area (Å²) in [5.41, 5.74) is 1.78. The molecule has 114 valence electrons. The smallest absolute Gasteiger partial charge is 0.255 e. The number of thioether (sulfide) groups is 1. The Bertz CT molecular complexity index is 512. The fourth-order valence-corrected chi connectivity index (χ4v) is 3.60. The van der Waals surface area contributed by atoms with Crippen LogP contribution in [0.25, 0.3) is 0 Å². The number of likely N-dealkylation sites (N-methyl/N-ethyl adjacent to an activating group) is 1. The molecule has 1 saturated heterocycles. The first-order valence-corrected chi connectivity index (χ1v) is 8.48. The standard InChI is InChI=1S/C16H22N2O2S/c1-4-17(5-2)16(20)14-10-21-11-18(14)15(19)13-8-6-12(3)7-9-13/h6-9,14H,4-5,10-11H2,1-3H3. The first-order chi connectivity index (χ1) is 10.1. The quantitative estimate of drug-likeness (QED) is 0.857. The lowest BCUT2D eigenvalue weighted by Crippen LogP contribution is -2.48. The van der Waals surface area contributed by atoms with Crippen LogP contribution < -0.4 is 0 Å². The summed E-state index contributed by atoms with van der Waals surface area (Å²) >= 11 is 1.64. The van der Waals surface area contributed by atoms with Crippen molar-refractivity contribution in [3.8, 4) is 0 Å². The van der Waals surface area contributed by atoms with Crippen molar-refractivity contribution in [2.75, 3.05) is 24.7 Å². The molecule has 0 radical (unpaired) electrons. The molecule has 0 aromatic heterocycles. The second kappa shape index (κ2) is 6.98. The molecule has 0 bridgehead atoms. The maximum absolute atomic E-state index is 12.6. The van der Waals surface area contributed by atoms with Crippen LogP contribution in [0.1, 0.15) is 29.8 Å². The van der Waals surface area contributed by atoms with Gasteiger partial charge in [0.15, 0.2) is 0 Å². The molecule has 0 N–H and O–H groups in total. The molecule has 0 saturated carbocycles. The highest BCUT2D eigenvalue weighted by Gasteiger charge is 2.36. The zero-order valence-corrected chi connectivity index (χ0v) is 13.7. The molecular formula is C16H22N2O2S. The predicted octanol–water partition coefficient (Wildman–Crippen LogP) is 2.38. The van der Waals surface area contributed by atoms with E-state index in [1.807, 2.05) is 45.0 Å². The van der Waals surface area contributed by atoms with Crippen molar-refractivity contribution < 1.29 is 9.59 Å². The van der Waals surface area contributed by atoms with Crippen LogP contribution in [0.15, 0.2) is 24.3 Å². The van der Waals surface area contributed by atoms with Crippen molar-refractivity contribution in [1.29, 1.82) is 0 Å². The Morgan fingerprint density at radius 1 is 1.24 bits per heavy atom. The molecule has 1 heterocycles. The van der Waals surface area contributed by atoms with Gasteiger partial charge in [-0.3, -0.25) is 9.59 Å². The van der Waals surface area contributed by atoms with Gasteiger partial charge in [-0.05, 0) is 32.9 Å². The van der Waals surface area contributed by atoms with E-state index in [4.69, 9.17) is 0 Å². The van der Waals surface area contributed by atoms with Crippen molar-refractivity contribution >= 4 is 23.6 Å². The molecule has 2 rings (SSSR count). The number of carbonyl (C=O) groups is 2. The van der Waals surface area contributed by atoms with Gasteiger partial charge in [0, 0.05) is 24.4 Å². The average molecular weight is 306 g/mol. The Morgan fingerprint density at radius 2 is 1.86 bits per heavy atom. The number of nitrogens with zero attached hydrogens (tertiary/aromatic N) is 2. The minimum atomic E-state index is -0.330. The monoisotopic (exact) mass is 306 g/mol. The third kappa shape index (κ3) is 3.40. The van der Waals surface area contributed by atoms with Crippen molar-refractivity contribution in [2.24, 2.45) is 0 Å². The molecular weight excluding hydrogens is 284 g/mol. The fourth-order valence-electron chi connectivity index (χ4n) is 2.46. The van der Waals surface area contributed by atoms with Gasteiger partial charge in [-0.1, -0.05) is 17.7 Å². The summed E-state index contributed by atoms with van der Waals surface area (Å²) in [6, 6.07) is 7.19. The average Bonchev–Trinajstić information content (AvgIpc) is 2.97. The van der Waals surface area contributed by atoms with Crippen LogP contribution in [0.4, 0.5) is 0 Å². The second-order valence-corrected chi connectivity index (χ2v) is 6.17. The molecule has 0 spiro atoms. The minimum Gasteiger partial charge on any atom is -0.341 e. The Morgan fingerprint density at radius 3 is 2.43 bits per heavy atom. The molecule has 1 aromatic rings. The molecule has 4 nitrogen and oxygen atoms in total. The summed E-state index contributed by atoms with van der Waals surface area (Å²) in [5.74, 6) is 1.29. The van der Waals surface area contributed by atoms with Gasteiger partial charge in [0.05, 0.1) is 5.88 Å². The highest BCUT2D eigenvalue weighted by atomic mass is 32.2. The Hall–Kier alpha value is -1.49. The van der Waals surface area contributed by atoms with Crippen LogP contribution >= 0.6 is 11.8 Å². The van der Waals surface area contributed by atoms with Crippen LogP contribution in [0.3, 0.4) is 0 Å². The molecule has 21 heavy (non-hydrogen) atoms. The van der Waals surface area contributed by atoms with Gasteiger partial charge >= 0.3 is 0 Å². The Labute approximate surface area is 130 Å². The molecule has 1 fully saturated rings. The van der Waals surface area contributed by atoms with Gasteiger partial charge in [-0.15, -0.1) is 11.8 Å². The summed E-state index contributed by atoms with van der Waals surface area (Å²) < 4.78 is 0. The molecule has 0 aliphatic carbocycles. The van der Waals surface area contributed by atoms with E-state index >= 15 is 0 Å². The van der Waals surface area contributed by atoms with E-state index in [9.17, 15) is 9.59 Å². The van der Waals surface area contributed by atoms with Crippen molar-refractivity contribution in [3.63, 3.8) is 0 Å². The van der Waals surface area contributed by atoms with Crippen LogP contribution in [-0.2, 0) is 4.79 Å². The third-order valence-corrected chi connectivity index (χ3v) is 4.81. The third-order valence-electron chi connectivity index (χ3n) is 3.80. The van der Waals surface area contributed by atoms with Crippen molar-refractivity contribution in [3.05, 3.63) is 35.4 Å². The number of hydrogen-bond acceptors (Lipinski definition) is 3. The summed E-state index contributed by atoms with van der Waals surface area (Å²) in [4.78, 5) is 28.6. The number of rotatable bonds is 4. The summed E-state index contributed by atoms with van der Waals surface area (Å²) in [5, 5.41) is 0. The van der Waals surface area contributed by atoms with Gasteiger partial charge < -0.3 is 9.80 Å². The molecule has 1 atom stereocenters. The van der Waals surface area contributed by atoms with Crippen molar-refractivity contribution in [1.82, 2.24) is 9.80 Å². The van der Waals surface area contributed by atoms with E-state index < -0.39 is 0 Å². The SMILES string of the molecule is CCN(CC)C(=O)C1CSCN1C(=O)c1ccc(C)cc1. The van der Waals surface area contributed by atoms with E-state index in [1.54, 1.807) is 21.6 Å². The molecule has 5 heteroatoms. The van der Waals surface area contributed by atoms with Crippen molar-refractivity contribution in [2.45, 2.75) is 26.8 Å². The van der Waals surface area contributed by atoms with Gasteiger partial charge in [0.1, 0.15) is 6.04 Å². The lowest BCUT2D eigenvalue weighted by atomic mass is 10.1. The van der Waals surface area contributed by atoms with Crippen LogP contribution in [-0.4, -0.2) is 52.4 Å². The first-order valence-electron chi connectivity index (χ1n) is 7.32. The number of hydrogen-bond donors (Lipinski definition) is 0. The summed E-state index contributed by atoms with van der Waals surface area (Å²) in [6.07, 6.45) is 0. The summed E-state index contributed by atoms with van der Waals surface area (Å²) in [7, 11) is 0. The maximum atomic E-state index is 12.6. The maximum Gasteiger partial charge on any atom is 0.255 e. The van der Waals surface area contributed by atoms with E-state index in [-0.39, 0.29) is 17.9 Å². The van der Waals surface area contributed by atoms with Gasteiger partial charge in [0.2, 0.25) is 5.91 Å². The van der Waals surface area contributed by atoms with E-state index in [2.05, 4.69) is 0 Å². The van der Waals surface area contributed by atoms with E-state index in [1.165, 1.54) is 0 Å². The van der Waals surface area contributed by atoms with Gasteiger partial charge in [-0.25, -0.2) is 0 Å². The van der Waals surface area contributed by atoms with E-state index in [0.29, 0.717) is 30.3 Å². The highest BCUT2D eigenvalue weighted by molar-refractivity contribution is 7.99. The number of aryl methyl sites for hydroxylation is 1. The van der Waals surface area contributed by atoms with Gasteiger partial charge in [-0.2, -0.15) is 0 Å². The zero-order chi connectivity index (χ0) is 15.4.